The van der Waals surface area contributed by atoms with Crippen molar-refractivity contribution in [1.29, 1.82) is 5.26 Å². The van der Waals surface area contributed by atoms with Gasteiger partial charge in [0.05, 0.1) is 18.2 Å². The molecule has 5 heteroatoms. The van der Waals surface area contributed by atoms with Gasteiger partial charge in [-0.3, -0.25) is 9.69 Å². The number of imide groups is 1. The van der Waals surface area contributed by atoms with Crippen molar-refractivity contribution in [2.45, 2.75) is 25.9 Å². The lowest BCUT2D eigenvalue weighted by Gasteiger charge is -2.22. The minimum Gasteiger partial charge on any atom is -0.319 e. The first-order valence-electron chi connectivity index (χ1n) is 7.64. The zero-order chi connectivity index (χ0) is 17.3. The van der Waals surface area contributed by atoms with Gasteiger partial charge in [0.25, 0.3) is 5.91 Å². The SMILES string of the molecule is Cc1cccc(CN2C(=O)NC(C)(c3ccc(C#N)cc3)C2=O)c1. The molecule has 24 heavy (non-hydrogen) atoms. The minimum atomic E-state index is -1.12. The average Bonchev–Trinajstić information content (AvgIpc) is 2.79. The first-order valence-corrected chi connectivity index (χ1v) is 7.64. The van der Waals surface area contributed by atoms with Gasteiger partial charge >= 0.3 is 6.03 Å². The van der Waals surface area contributed by atoms with E-state index < -0.39 is 11.6 Å². The van der Waals surface area contributed by atoms with Gasteiger partial charge in [0.1, 0.15) is 5.54 Å². The minimum absolute atomic E-state index is 0.234. The number of nitriles is 1. The monoisotopic (exact) mass is 319 g/mol. The highest BCUT2D eigenvalue weighted by Crippen LogP contribution is 2.30. The van der Waals surface area contributed by atoms with Crippen LogP contribution in [0.4, 0.5) is 4.79 Å². The van der Waals surface area contributed by atoms with Crippen LogP contribution < -0.4 is 5.32 Å². The highest BCUT2D eigenvalue weighted by molar-refractivity contribution is 6.07. The second-order valence-corrected chi connectivity index (χ2v) is 6.12. The van der Waals surface area contributed by atoms with Crippen molar-refractivity contribution in [3.8, 4) is 6.07 Å². The third-order valence-electron chi connectivity index (χ3n) is 4.29. The number of rotatable bonds is 3. The molecule has 0 radical (unpaired) electrons. The molecule has 2 aromatic rings. The summed E-state index contributed by atoms with van der Waals surface area (Å²) in [5.41, 5.74) is 2.04. The Morgan fingerprint density at radius 3 is 2.50 bits per heavy atom. The van der Waals surface area contributed by atoms with Gasteiger partial charge in [0.15, 0.2) is 0 Å². The molecule has 1 atom stereocenters. The Morgan fingerprint density at radius 1 is 1.17 bits per heavy atom. The van der Waals surface area contributed by atoms with Crippen molar-refractivity contribution in [2.24, 2.45) is 0 Å². The van der Waals surface area contributed by atoms with Crippen molar-refractivity contribution >= 4 is 11.9 Å². The normalized spacial score (nSPS) is 20.0. The van der Waals surface area contributed by atoms with Gasteiger partial charge in [-0.15, -0.1) is 0 Å². The topological polar surface area (TPSA) is 73.2 Å². The molecule has 1 fully saturated rings. The van der Waals surface area contributed by atoms with E-state index in [9.17, 15) is 9.59 Å². The second kappa shape index (κ2) is 5.82. The van der Waals surface area contributed by atoms with Gasteiger partial charge in [-0.05, 0) is 37.1 Å². The van der Waals surface area contributed by atoms with Crippen LogP contribution in [0.5, 0.6) is 0 Å². The van der Waals surface area contributed by atoms with E-state index in [0.717, 1.165) is 11.1 Å². The predicted molar refractivity (Wildman–Crippen MR) is 88.8 cm³/mol. The number of amides is 3. The van der Waals surface area contributed by atoms with Crippen LogP contribution in [0.3, 0.4) is 0 Å². The third kappa shape index (κ3) is 2.63. The molecule has 1 aliphatic heterocycles. The van der Waals surface area contributed by atoms with Crippen LogP contribution in [0.15, 0.2) is 48.5 Å². The van der Waals surface area contributed by atoms with E-state index in [1.54, 1.807) is 31.2 Å². The molecular formula is C19H17N3O2. The van der Waals surface area contributed by atoms with Crippen LogP contribution in [0.1, 0.15) is 29.2 Å². The van der Waals surface area contributed by atoms with Gasteiger partial charge < -0.3 is 5.32 Å². The largest absolute Gasteiger partial charge is 0.325 e. The molecular weight excluding hydrogens is 302 g/mol. The lowest BCUT2D eigenvalue weighted by atomic mass is 9.91. The molecule has 1 aliphatic rings. The number of urea groups is 1. The van der Waals surface area contributed by atoms with E-state index in [-0.39, 0.29) is 12.5 Å². The maximum atomic E-state index is 12.9. The van der Waals surface area contributed by atoms with E-state index >= 15 is 0 Å². The zero-order valence-electron chi connectivity index (χ0n) is 13.5. The number of carbonyl (C=O) groups is 2. The fourth-order valence-electron chi connectivity index (χ4n) is 2.91. The van der Waals surface area contributed by atoms with Gasteiger partial charge in [-0.1, -0.05) is 42.0 Å². The van der Waals surface area contributed by atoms with Crippen molar-refractivity contribution < 1.29 is 9.59 Å². The molecule has 1 heterocycles. The molecule has 2 aromatic carbocycles. The average molecular weight is 319 g/mol. The lowest BCUT2D eigenvalue weighted by Crippen LogP contribution is -2.40. The molecule has 1 N–H and O–H groups in total. The standard InChI is InChI=1S/C19H17N3O2/c1-13-4-3-5-15(10-13)12-22-17(23)19(2,21-18(22)24)16-8-6-14(11-20)7-9-16/h3-10H,12H2,1-2H3,(H,21,24). The molecule has 0 bridgehead atoms. The smallest absolute Gasteiger partial charge is 0.319 e. The summed E-state index contributed by atoms with van der Waals surface area (Å²) in [6.07, 6.45) is 0. The van der Waals surface area contributed by atoms with E-state index in [1.165, 1.54) is 4.90 Å². The summed E-state index contributed by atoms with van der Waals surface area (Å²) >= 11 is 0. The van der Waals surface area contributed by atoms with Gasteiger partial charge in [0.2, 0.25) is 0 Å². The summed E-state index contributed by atoms with van der Waals surface area (Å²) in [6, 6.07) is 16.0. The highest BCUT2D eigenvalue weighted by atomic mass is 16.2. The quantitative estimate of drug-likeness (QED) is 0.884. The highest BCUT2D eigenvalue weighted by Gasteiger charge is 2.48. The Bertz CT molecular complexity index is 852. The fraction of sp³-hybridized carbons (Fsp3) is 0.211. The molecule has 0 spiro atoms. The Balaban J connectivity index is 1.88. The predicted octanol–water partition coefficient (Wildman–Crippen LogP) is 2.83. The maximum absolute atomic E-state index is 12.9. The first-order chi connectivity index (χ1) is 11.4. The van der Waals surface area contributed by atoms with E-state index in [2.05, 4.69) is 5.32 Å². The Kier molecular flexibility index (Phi) is 3.82. The van der Waals surface area contributed by atoms with E-state index in [1.807, 2.05) is 37.3 Å². The number of nitrogens with one attached hydrogen (secondary N) is 1. The van der Waals surface area contributed by atoms with Crippen LogP contribution in [0.25, 0.3) is 0 Å². The molecule has 3 rings (SSSR count). The molecule has 1 unspecified atom stereocenters. The molecule has 0 saturated carbocycles. The number of hydrogen-bond acceptors (Lipinski definition) is 3. The summed E-state index contributed by atoms with van der Waals surface area (Å²) in [5, 5.41) is 11.7. The number of nitrogens with zero attached hydrogens (tertiary/aromatic N) is 2. The second-order valence-electron chi connectivity index (χ2n) is 6.12. The summed E-state index contributed by atoms with van der Waals surface area (Å²) in [4.78, 5) is 26.4. The summed E-state index contributed by atoms with van der Waals surface area (Å²) < 4.78 is 0. The summed E-state index contributed by atoms with van der Waals surface area (Å²) in [5.74, 6) is -0.293. The summed E-state index contributed by atoms with van der Waals surface area (Å²) in [6.45, 7) is 3.89. The first kappa shape index (κ1) is 15.8. The fourth-order valence-corrected chi connectivity index (χ4v) is 2.91. The van der Waals surface area contributed by atoms with Crippen molar-refractivity contribution in [1.82, 2.24) is 10.2 Å². The third-order valence-corrected chi connectivity index (χ3v) is 4.29. The maximum Gasteiger partial charge on any atom is 0.325 e. The van der Waals surface area contributed by atoms with Gasteiger partial charge in [-0.25, -0.2) is 4.79 Å². The Hall–Kier alpha value is -3.13. The lowest BCUT2D eigenvalue weighted by molar-refractivity contribution is -0.131. The number of benzene rings is 2. The van der Waals surface area contributed by atoms with Crippen LogP contribution >= 0.6 is 0 Å². The van der Waals surface area contributed by atoms with Crippen molar-refractivity contribution in [2.75, 3.05) is 0 Å². The molecule has 5 nitrogen and oxygen atoms in total. The Labute approximate surface area is 140 Å². The van der Waals surface area contributed by atoms with Crippen molar-refractivity contribution in [3.05, 3.63) is 70.8 Å². The van der Waals surface area contributed by atoms with Crippen LogP contribution in [-0.4, -0.2) is 16.8 Å². The zero-order valence-corrected chi connectivity index (χ0v) is 13.5. The van der Waals surface area contributed by atoms with Gasteiger partial charge in [-0.2, -0.15) is 5.26 Å². The molecule has 1 saturated heterocycles. The molecule has 120 valence electrons. The molecule has 0 aliphatic carbocycles. The molecule has 0 aromatic heterocycles. The molecule has 3 amide bonds. The van der Waals surface area contributed by atoms with Gasteiger partial charge in [0, 0.05) is 0 Å². The number of carbonyl (C=O) groups excluding carboxylic acids is 2. The Morgan fingerprint density at radius 2 is 1.88 bits per heavy atom. The van der Waals surface area contributed by atoms with E-state index in [0.29, 0.717) is 11.1 Å². The van der Waals surface area contributed by atoms with Crippen molar-refractivity contribution in [3.63, 3.8) is 0 Å². The summed E-state index contributed by atoms with van der Waals surface area (Å²) in [7, 11) is 0. The van der Waals surface area contributed by atoms with E-state index in [4.69, 9.17) is 5.26 Å². The number of hydrogen-bond donors (Lipinski definition) is 1. The number of aryl methyl sites for hydroxylation is 1. The van der Waals surface area contributed by atoms with Crippen LogP contribution in [0.2, 0.25) is 0 Å². The van der Waals surface area contributed by atoms with Crippen LogP contribution in [0, 0.1) is 18.3 Å². The van der Waals surface area contributed by atoms with Crippen LogP contribution in [-0.2, 0) is 16.9 Å².